The lowest BCUT2D eigenvalue weighted by Crippen LogP contribution is -2.54. The normalized spacial score (nSPS) is 23.8. The predicted molar refractivity (Wildman–Crippen MR) is 242 cm³/mol. The molecule has 2 aliphatic heterocycles. The molecule has 3 N–H and O–H groups in total. The maximum atomic E-state index is 14.3. The molecule has 0 unspecified atom stereocenters. The van der Waals surface area contributed by atoms with Crippen molar-refractivity contribution >= 4 is 44.2 Å². The Morgan fingerprint density at radius 3 is 2.47 bits per heavy atom. The maximum absolute atomic E-state index is 14.3. The van der Waals surface area contributed by atoms with Gasteiger partial charge in [0.15, 0.2) is 0 Å². The number of hydrogen-bond acceptors (Lipinski definition) is 11. The van der Waals surface area contributed by atoms with Gasteiger partial charge < -0.3 is 19.9 Å². The number of pyridine rings is 2. The number of likely N-dealkylation sites (tertiary alicyclic amines) is 1. The maximum Gasteiger partial charge on any atom is 0.312 e. The lowest BCUT2D eigenvalue weighted by molar-refractivity contribution is -0.384. The number of rotatable bonds is 13. The number of sulfonamides is 1. The lowest BCUT2D eigenvalue weighted by Gasteiger charge is -2.56. The molecule has 0 radical (unpaired) electrons. The minimum absolute atomic E-state index is 0.0437. The van der Waals surface area contributed by atoms with Crippen LogP contribution in [0.1, 0.15) is 117 Å². The van der Waals surface area contributed by atoms with Crippen molar-refractivity contribution in [1.29, 1.82) is 0 Å². The number of halogens is 1. The van der Waals surface area contributed by atoms with Gasteiger partial charge in [-0.1, -0.05) is 24.3 Å². The van der Waals surface area contributed by atoms with Crippen molar-refractivity contribution < 1.29 is 27.3 Å². The van der Waals surface area contributed by atoms with Crippen molar-refractivity contribution in [3.63, 3.8) is 0 Å². The summed E-state index contributed by atoms with van der Waals surface area (Å²) < 4.78 is 50.1. The SMILES string of the molecule is CC1(F)CCC(CNc2ncc(S(=O)(=O)NC(=O)c3ccc(N4CCC5(CC4)CC(N4CCC[C@H]4c4ccccc4C4CC4)C5)cc3Oc3cnc4[nH]ccc4c3)cc2[N+](=O)[O-])CC1. The van der Waals surface area contributed by atoms with Gasteiger partial charge in [-0.3, -0.25) is 19.8 Å². The second-order valence-electron chi connectivity index (χ2n) is 19.2. The second kappa shape index (κ2) is 16.7. The van der Waals surface area contributed by atoms with Crippen LogP contribution in [0.15, 0.2) is 84.1 Å². The van der Waals surface area contributed by atoms with Gasteiger partial charge in [-0.2, -0.15) is 0 Å². The van der Waals surface area contributed by atoms with E-state index in [4.69, 9.17) is 4.74 Å². The van der Waals surface area contributed by atoms with E-state index in [1.165, 1.54) is 44.7 Å². The Hall–Kier alpha value is -5.61. The van der Waals surface area contributed by atoms with Crippen LogP contribution in [0.3, 0.4) is 0 Å². The molecule has 2 aromatic carbocycles. The highest BCUT2D eigenvalue weighted by Crippen LogP contribution is 2.55. The Bertz CT molecular complexity index is 2680. The summed E-state index contributed by atoms with van der Waals surface area (Å²) in [6.45, 7) is 4.75. The Labute approximate surface area is 372 Å². The Morgan fingerprint density at radius 2 is 1.72 bits per heavy atom. The molecule has 0 bridgehead atoms. The monoisotopic (exact) mass is 890 g/mol. The van der Waals surface area contributed by atoms with E-state index in [0.29, 0.717) is 61.1 Å². The van der Waals surface area contributed by atoms with E-state index in [2.05, 4.69) is 59.1 Å². The fraction of sp³-hybridized carbons (Fsp3) is 0.479. The molecule has 5 aromatic rings. The first-order valence-corrected chi connectivity index (χ1v) is 24.3. The Balaban J connectivity index is 0.833. The van der Waals surface area contributed by atoms with Gasteiger partial charge >= 0.3 is 5.69 Å². The third-order valence-electron chi connectivity index (χ3n) is 14.8. The van der Waals surface area contributed by atoms with Crippen LogP contribution in [-0.2, 0) is 10.0 Å². The largest absolute Gasteiger partial charge is 0.455 e. The Morgan fingerprint density at radius 1 is 0.953 bits per heavy atom. The third kappa shape index (κ3) is 8.65. The third-order valence-corrected chi connectivity index (χ3v) is 16.1. The number of carbonyl (C=O) groups excluding carboxylic acids is 1. The summed E-state index contributed by atoms with van der Waals surface area (Å²) in [4.78, 5) is 41.5. The number of aromatic amines is 1. The zero-order valence-corrected chi connectivity index (χ0v) is 36.9. The highest BCUT2D eigenvalue weighted by molar-refractivity contribution is 7.90. The molecular formula is C48H55FN8O6S. The standard InChI is InChI=1S/C48H55FN8O6S/c1-47(49)15-12-31(13-16-47)28-51-45-42(57(59)60)25-37(30-53-45)64(61,62)54-46(58)40-11-10-34(24-43(40)63-36-23-33-14-19-50-44(33)52-29-36)55-21-17-48(18-22-55)26-35(27-48)56-20-4-7-41(56)39-6-3-2-5-38(39)32-8-9-32/h2-3,5-6,10-11,14,19,23-25,29-32,35,41H,4,7-9,12-13,15-18,20-22,26-28H2,1H3,(H,50,52)(H,51,53)(H,54,58)/t31?,41-,47?/m0/s1. The quantitative estimate of drug-likeness (QED) is 0.0758. The Kier molecular flexibility index (Phi) is 11.1. The molecule has 14 nitrogen and oxygen atoms in total. The number of piperidine rings is 1. The van der Waals surface area contributed by atoms with E-state index in [1.54, 1.807) is 42.4 Å². The number of nitrogens with one attached hydrogen (secondary N) is 3. The van der Waals surface area contributed by atoms with E-state index in [-0.39, 0.29) is 23.0 Å². The number of ether oxygens (including phenoxy) is 1. The molecule has 1 spiro atoms. The van der Waals surface area contributed by atoms with Crippen molar-refractivity contribution in [1.82, 2.24) is 24.6 Å². The average molecular weight is 891 g/mol. The van der Waals surface area contributed by atoms with E-state index < -0.39 is 37.1 Å². The molecule has 1 atom stereocenters. The molecular weight excluding hydrogens is 836 g/mol. The van der Waals surface area contributed by atoms with Crippen LogP contribution in [0, 0.1) is 21.4 Å². The number of nitro groups is 1. The second-order valence-corrected chi connectivity index (χ2v) is 20.9. The summed E-state index contributed by atoms with van der Waals surface area (Å²) >= 11 is 0. The molecule has 5 aliphatic rings. The highest BCUT2D eigenvalue weighted by Gasteiger charge is 2.50. The van der Waals surface area contributed by atoms with Gasteiger partial charge in [-0.25, -0.2) is 27.5 Å². The molecule has 3 aliphatic carbocycles. The van der Waals surface area contributed by atoms with Crippen molar-refractivity contribution in [3.05, 3.63) is 106 Å². The number of alkyl halides is 1. The fourth-order valence-electron chi connectivity index (χ4n) is 10.9. The number of fused-ring (bicyclic) bond motifs is 1. The van der Waals surface area contributed by atoms with Crippen LogP contribution in [0.2, 0.25) is 0 Å². The number of carbonyl (C=O) groups is 1. The van der Waals surface area contributed by atoms with Crippen LogP contribution in [-0.4, -0.2) is 77.0 Å². The highest BCUT2D eigenvalue weighted by atomic mass is 32.2. The van der Waals surface area contributed by atoms with Gasteiger partial charge in [0.25, 0.3) is 15.9 Å². The molecule has 3 aromatic heterocycles. The first-order valence-electron chi connectivity index (χ1n) is 22.8. The van der Waals surface area contributed by atoms with Crippen LogP contribution in [0.25, 0.3) is 11.0 Å². The summed E-state index contributed by atoms with van der Waals surface area (Å²) in [5.74, 6) is 0.244. The van der Waals surface area contributed by atoms with E-state index in [9.17, 15) is 27.7 Å². The summed E-state index contributed by atoms with van der Waals surface area (Å²) in [5, 5.41) is 15.9. The smallest absolute Gasteiger partial charge is 0.312 e. The number of anilines is 2. The van der Waals surface area contributed by atoms with Gasteiger partial charge in [0.1, 0.15) is 27.7 Å². The first kappa shape index (κ1) is 42.3. The molecule has 64 heavy (non-hydrogen) atoms. The van der Waals surface area contributed by atoms with Crippen LogP contribution in [0.5, 0.6) is 11.5 Å². The molecule has 3 saturated carbocycles. The van der Waals surface area contributed by atoms with Crippen molar-refractivity contribution in [3.8, 4) is 11.5 Å². The molecule has 16 heteroatoms. The number of aromatic nitrogens is 3. The molecule has 10 rings (SSSR count). The van der Waals surface area contributed by atoms with Gasteiger partial charge in [-0.15, -0.1) is 0 Å². The topological polar surface area (TPSA) is 176 Å². The van der Waals surface area contributed by atoms with Crippen molar-refractivity contribution in [2.45, 2.75) is 113 Å². The van der Waals surface area contributed by atoms with Crippen molar-refractivity contribution in [2.75, 3.05) is 36.4 Å². The van der Waals surface area contributed by atoms with Gasteiger partial charge in [0, 0.05) is 61.1 Å². The van der Waals surface area contributed by atoms with Gasteiger partial charge in [-0.05, 0) is 143 Å². The molecule has 2 saturated heterocycles. The number of benzene rings is 2. The van der Waals surface area contributed by atoms with E-state index >= 15 is 0 Å². The first-order chi connectivity index (χ1) is 30.8. The zero-order chi connectivity index (χ0) is 44.2. The molecule has 336 valence electrons. The van der Waals surface area contributed by atoms with E-state index in [0.717, 1.165) is 61.7 Å². The van der Waals surface area contributed by atoms with Gasteiger partial charge in [0.05, 0.1) is 22.9 Å². The van der Waals surface area contributed by atoms with Gasteiger partial charge in [0.2, 0.25) is 5.82 Å². The fourth-order valence-corrected chi connectivity index (χ4v) is 11.8. The minimum atomic E-state index is -4.64. The summed E-state index contributed by atoms with van der Waals surface area (Å²) in [5.41, 5.74) is 3.12. The van der Waals surface area contributed by atoms with E-state index in [1.807, 2.05) is 12.1 Å². The lowest BCUT2D eigenvalue weighted by atomic mass is 9.59. The molecule has 5 heterocycles. The zero-order valence-electron chi connectivity index (χ0n) is 36.1. The predicted octanol–water partition coefficient (Wildman–Crippen LogP) is 9.57. The van der Waals surface area contributed by atoms with Crippen LogP contribution in [0.4, 0.5) is 21.6 Å². The number of hydrogen-bond donors (Lipinski definition) is 3. The number of nitrogens with zero attached hydrogens (tertiary/aromatic N) is 5. The summed E-state index contributed by atoms with van der Waals surface area (Å²) in [6, 6.07) is 19.9. The average Bonchev–Trinajstić information content (AvgIpc) is 3.82. The summed E-state index contributed by atoms with van der Waals surface area (Å²) in [7, 11) is -4.64. The molecule has 5 fully saturated rings. The number of amides is 1. The number of H-pyrrole nitrogens is 1. The molecule has 1 amide bonds. The summed E-state index contributed by atoms with van der Waals surface area (Å²) in [6.07, 6.45) is 15.9. The minimum Gasteiger partial charge on any atom is -0.455 e. The van der Waals surface area contributed by atoms with Crippen molar-refractivity contribution in [2.24, 2.45) is 11.3 Å². The van der Waals surface area contributed by atoms with Crippen LogP contribution < -0.4 is 19.7 Å². The van der Waals surface area contributed by atoms with Crippen LogP contribution >= 0.6 is 0 Å².